The van der Waals surface area contributed by atoms with Gasteiger partial charge in [0.15, 0.2) is 0 Å². The van der Waals surface area contributed by atoms with Crippen molar-refractivity contribution in [3.8, 4) is 0 Å². The van der Waals surface area contributed by atoms with E-state index in [1.807, 2.05) is 0 Å². The number of ketones is 1. The van der Waals surface area contributed by atoms with E-state index in [9.17, 15) is 4.79 Å². The molecule has 0 aliphatic heterocycles. The van der Waals surface area contributed by atoms with Crippen LogP contribution in [-0.2, 0) is 4.79 Å². The molecule has 1 fully saturated rings. The second-order valence-electron chi connectivity index (χ2n) is 4.77. The average Bonchev–Trinajstić information content (AvgIpc) is 2.28. The Balaban J connectivity index is 2.46. The Hall–Kier alpha value is -0.330. The third kappa shape index (κ3) is 3.13. The molecule has 0 N–H and O–H groups in total. The minimum absolute atomic E-state index is 0.297. The molecule has 1 aliphatic carbocycles. The zero-order chi connectivity index (χ0) is 9.84. The summed E-state index contributed by atoms with van der Waals surface area (Å²) in [5, 5.41) is 0. The van der Waals surface area contributed by atoms with Crippen LogP contribution in [0.1, 0.15) is 52.9 Å². The summed E-state index contributed by atoms with van der Waals surface area (Å²) in [4.78, 5) is 11.2. The van der Waals surface area contributed by atoms with Gasteiger partial charge in [0, 0.05) is 5.92 Å². The molecule has 0 amide bonds. The van der Waals surface area contributed by atoms with Gasteiger partial charge < -0.3 is 0 Å². The molecule has 13 heavy (non-hydrogen) atoms. The Morgan fingerprint density at radius 1 is 1.23 bits per heavy atom. The Morgan fingerprint density at radius 2 is 1.92 bits per heavy atom. The molecule has 0 aromatic carbocycles. The molecule has 0 radical (unpaired) electrons. The fourth-order valence-corrected chi connectivity index (χ4v) is 2.35. The monoisotopic (exact) mass is 182 g/mol. The fourth-order valence-electron chi connectivity index (χ4n) is 2.35. The van der Waals surface area contributed by atoms with Crippen LogP contribution in [-0.4, -0.2) is 5.78 Å². The molecule has 0 saturated heterocycles. The lowest BCUT2D eigenvalue weighted by molar-refractivity contribution is -0.121. The SMILES string of the molecule is CC(=O)C(C)C1CCCC(C)CC1. The minimum atomic E-state index is 0.297. The summed E-state index contributed by atoms with van der Waals surface area (Å²) in [7, 11) is 0. The van der Waals surface area contributed by atoms with Gasteiger partial charge in [0.05, 0.1) is 0 Å². The van der Waals surface area contributed by atoms with Crippen LogP contribution in [0.5, 0.6) is 0 Å². The van der Waals surface area contributed by atoms with Crippen molar-refractivity contribution < 1.29 is 4.79 Å². The fraction of sp³-hybridized carbons (Fsp3) is 0.917. The Labute approximate surface area is 81.9 Å². The molecular weight excluding hydrogens is 160 g/mol. The van der Waals surface area contributed by atoms with E-state index in [0.717, 1.165) is 5.92 Å². The van der Waals surface area contributed by atoms with Crippen LogP contribution in [0.2, 0.25) is 0 Å². The van der Waals surface area contributed by atoms with Crippen molar-refractivity contribution in [2.24, 2.45) is 17.8 Å². The number of carbonyl (C=O) groups excluding carboxylic acids is 1. The lowest BCUT2D eigenvalue weighted by Crippen LogP contribution is -2.18. The van der Waals surface area contributed by atoms with Crippen LogP contribution in [0.3, 0.4) is 0 Å². The summed E-state index contributed by atoms with van der Waals surface area (Å²) in [6.07, 6.45) is 6.54. The number of hydrogen-bond acceptors (Lipinski definition) is 1. The van der Waals surface area contributed by atoms with Crippen LogP contribution in [0.4, 0.5) is 0 Å². The summed E-state index contributed by atoms with van der Waals surface area (Å²) < 4.78 is 0. The third-order valence-electron chi connectivity index (χ3n) is 3.65. The van der Waals surface area contributed by atoms with Crippen molar-refractivity contribution in [2.45, 2.75) is 52.9 Å². The van der Waals surface area contributed by atoms with E-state index in [1.54, 1.807) is 6.92 Å². The predicted octanol–water partition coefficient (Wildman–Crippen LogP) is 3.43. The van der Waals surface area contributed by atoms with Gasteiger partial charge in [-0.3, -0.25) is 4.79 Å². The Bertz CT molecular complexity index is 174. The largest absolute Gasteiger partial charge is 0.300 e. The molecule has 0 spiro atoms. The first kappa shape index (κ1) is 10.7. The lowest BCUT2D eigenvalue weighted by Gasteiger charge is -2.19. The molecule has 0 heterocycles. The zero-order valence-electron chi connectivity index (χ0n) is 9.18. The summed E-state index contributed by atoms with van der Waals surface area (Å²) >= 11 is 0. The quantitative estimate of drug-likeness (QED) is 0.598. The van der Waals surface area contributed by atoms with Gasteiger partial charge in [-0.1, -0.05) is 33.1 Å². The standard InChI is InChI=1S/C12H22O/c1-9-5-4-6-12(8-7-9)10(2)11(3)13/h9-10,12H,4-8H2,1-3H3. The van der Waals surface area contributed by atoms with E-state index in [-0.39, 0.29) is 0 Å². The van der Waals surface area contributed by atoms with Gasteiger partial charge in [-0.05, 0) is 31.6 Å². The first-order valence-corrected chi connectivity index (χ1v) is 5.61. The van der Waals surface area contributed by atoms with Gasteiger partial charge >= 0.3 is 0 Å². The van der Waals surface area contributed by atoms with E-state index >= 15 is 0 Å². The number of hydrogen-bond donors (Lipinski definition) is 0. The molecule has 1 rings (SSSR count). The highest BCUT2D eigenvalue weighted by molar-refractivity contribution is 5.78. The van der Waals surface area contributed by atoms with Gasteiger partial charge in [-0.25, -0.2) is 0 Å². The highest BCUT2D eigenvalue weighted by Gasteiger charge is 2.23. The van der Waals surface area contributed by atoms with Gasteiger partial charge in [0.2, 0.25) is 0 Å². The molecule has 3 atom stereocenters. The summed E-state index contributed by atoms with van der Waals surface area (Å²) in [5.74, 6) is 2.22. The maximum absolute atomic E-state index is 11.2. The van der Waals surface area contributed by atoms with Crippen molar-refractivity contribution >= 4 is 5.78 Å². The summed E-state index contributed by atoms with van der Waals surface area (Å²) in [5.41, 5.74) is 0. The maximum atomic E-state index is 11.2. The van der Waals surface area contributed by atoms with Crippen molar-refractivity contribution in [3.63, 3.8) is 0 Å². The Kier molecular flexibility index (Phi) is 3.95. The molecule has 3 unspecified atom stereocenters. The first-order valence-electron chi connectivity index (χ1n) is 5.61. The zero-order valence-corrected chi connectivity index (χ0v) is 9.18. The maximum Gasteiger partial charge on any atom is 0.132 e. The predicted molar refractivity (Wildman–Crippen MR) is 55.6 cm³/mol. The van der Waals surface area contributed by atoms with Crippen molar-refractivity contribution in [1.82, 2.24) is 0 Å². The van der Waals surface area contributed by atoms with E-state index < -0.39 is 0 Å². The second-order valence-corrected chi connectivity index (χ2v) is 4.77. The van der Waals surface area contributed by atoms with E-state index in [2.05, 4.69) is 13.8 Å². The molecule has 0 aromatic rings. The van der Waals surface area contributed by atoms with Crippen molar-refractivity contribution in [1.29, 1.82) is 0 Å². The molecule has 1 heteroatoms. The molecule has 1 aliphatic rings. The van der Waals surface area contributed by atoms with Crippen LogP contribution in [0.15, 0.2) is 0 Å². The van der Waals surface area contributed by atoms with Gasteiger partial charge in [0.1, 0.15) is 5.78 Å². The van der Waals surface area contributed by atoms with Gasteiger partial charge in [-0.2, -0.15) is 0 Å². The lowest BCUT2D eigenvalue weighted by atomic mass is 9.85. The van der Waals surface area contributed by atoms with E-state index in [1.165, 1.54) is 32.1 Å². The molecule has 0 aromatic heterocycles. The highest BCUT2D eigenvalue weighted by Crippen LogP contribution is 2.31. The molecular formula is C12H22O. The molecule has 1 saturated carbocycles. The average molecular weight is 182 g/mol. The smallest absolute Gasteiger partial charge is 0.132 e. The molecule has 76 valence electrons. The Morgan fingerprint density at radius 3 is 2.54 bits per heavy atom. The van der Waals surface area contributed by atoms with Gasteiger partial charge in [0.25, 0.3) is 0 Å². The first-order chi connectivity index (χ1) is 6.11. The number of rotatable bonds is 2. The van der Waals surface area contributed by atoms with E-state index in [4.69, 9.17) is 0 Å². The van der Waals surface area contributed by atoms with Crippen LogP contribution in [0.25, 0.3) is 0 Å². The van der Waals surface area contributed by atoms with Crippen molar-refractivity contribution in [2.75, 3.05) is 0 Å². The van der Waals surface area contributed by atoms with E-state index in [0.29, 0.717) is 17.6 Å². The topological polar surface area (TPSA) is 17.1 Å². The number of carbonyl (C=O) groups is 1. The van der Waals surface area contributed by atoms with Crippen molar-refractivity contribution in [3.05, 3.63) is 0 Å². The highest BCUT2D eigenvalue weighted by atomic mass is 16.1. The molecule has 1 nitrogen and oxygen atoms in total. The van der Waals surface area contributed by atoms with Crippen LogP contribution >= 0.6 is 0 Å². The summed E-state index contributed by atoms with van der Waals surface area (Å²) in [6, 6.07) is 0. The normalized spacial score (nSPS) is 32.2. The summed E-state index contributed by atoms with van der Waals surface area (Å²) in [6.45, 7) is 6.17. The molecule has 0 bridgehead atoms. The minimum Gasteiger partial charge on any atom is -0.300 e. The third-order valence-corrected chi connectivity index (χ3v) is 3.65. The van der Waals surface area contributed by atoms with Crippen LogP contribution < -0.4 is 0 Å². The van der Waals surface area contributed by atoms with Gasteiger partial charge in [-0.15, -0.1) is 0 Å². The number of Topliss-reactive ketones (excluding diaryl/α,β-unsaturated/α-hetero) is 1. The van der Waals surface area contributed by atoms with Crippen LogP contribution in [0, 0.1) is 17.8 Å². The second kappa shape index (κ2) is 4.78.